The number of benzene rings is 1. The molecule has 7 nitrogen and oxygen atoms in total. The number of piperidine rings is 2. The first-order valence-corrected chi connectivity index (χ1v) is 10.9. The first-order valence-electron chi connectivity index (χ1n) is 10.9. The lowest BCUT2D eigenvalue weighted by Crippen LogP contribution is -2.39. The van der Waals surface area contributed by atoms with Crippen LogP contribution in [0.15, 0.2) is 36.5 Å². The number of amides is 1. The van der Waals surface area contributed by atoms with Crippen molar-refractivity contribution in [1.29, 1.82) is 0 Å². The lowest BCUT2D eigenvalue weighted by Gasteiger charge is -2.32. The van der Waals surface area contributed by atoms with Gasteiger partial charge in [0.15, 0.2) is 0 Å². The van der Waals surface area contributed by atoms with Crippen LogP contribution in [0.2, 0.25) is 0 Å². The SMILES string of the molecule is COc1ccnc(N2CCC(C(=O)Nc3ccc(N4CCC(C)CC4)cc3)CC2)n1. The van der Waals surface area contributed by atoms with Crippen LogP contribution in [0.1, 0.15) is 32.6 Å². The summed E-state index contributed by atoms with van der Waals surface area (Å²) >= 11 is 0. The van der Waals surface area contributed by atoms with Crippen molar-refractivity contribution >= 4 is 23.2 Å². The molecular weight excluding hydrogens is 378 g/mol. The highest BCUT2D eigenvalue weighted by Crippen LogP contribution is 2.26. The van der Waals surface area contributed by atoms with Crippen LogP contribution in [-0.2, 0) is 4.79 Å². The van der Waals surface area contributed by atoms with E-state index in [4.69, 9.17) is 4.74 Å². The van der Waals surface area contributed by atoms with Crippen molar-refractivity contribution in [2.75, 3.05) is 48.4 Å². The van der Waals surface area contributed by atoms with Crippen LogP contribution < -0.4 is 19.9 Å². The summed E-state index contributed by atoms with van der Waals surface area (Å²) < 4.78 is 5.18. The molecule has 1 aromatic heterocycles. The van der Waals surface area contributed by atoms with Gasteiger partial charge in [-0.1, -0.05) is 6.92 Å². The number of rotatable bonds is 5. The second kappa shape index (κ2) is 9.32. The van der Waals surface area contributed by atoms with Crippen LogP contribution in [0.4, 0.5) is 17.3 Å². The van der Waals surface area contributed by atoms with Crippen molar-refractivity contribution < 1.29 is 9.53 Å². The van der Waals surface area contributed by atoms with Crippen molar-refractivity contribution in [2.24, 2.45) is 11.8 Å². The van der Waals surface area contributed by atoms with Gasteiger partial charge in [0.2, 0.25) is 17.7 Å². The average Bonchev–Trinajstić information content (AvgIpc) is 2.80. The van der Waals surface area contributed by atoms with E-state index in [2.05, 4.69) is 44.1 Å². The van der Waals surface area contributed by atoms with Crippen LogP contribution in [0.3, 0.4) is 0 Å². The van der Waals surface area contributed by atoms with E-state index in [0.29, 0.717) is 11.8 Å². The van der Waals surface area contributed by atoms with Gasteiger partial charge in [0, 0.05) is 55.7 Å². The number of hydrogen-bond donors (Lipinski definition) is 1. The van der Waals surface area contributed by atoms with Crippen LogP contribution in [0.25, 0.3) is 0 Å². The molecule has 2 aliphatic heterocycles. The van der Waals surface area contributed by atoms with Gasteiger partial charge in [-0.25, -0.2) is 4.98 Å². The van der Waals surface area contributed by atoms with Gasteiger partial charge in [-0.2, -0.15) is 4.98 Å². The number of nitrogens with one attached hydrogen (secondary N) is 1. The van der Waals surface area contributed by atoms with E-state index >= 15 is 0 Å². The molecular formula is C23H31N5O2. The fourth-order valence-corrected chi connectivity index (χ4v) is 4.21. The Bertz CT molecular complexity index is 841. The van der Waals surface area contributed by atoms with Crippen molar-refractivity contribution in [2.45, 2.75) is 32.6 Å². The Morgan fingerprint density at radius 2 is 1.67 bits per heavy atom. The van der Waals surface area contributed by atoms with E-state index in [1.807, 2.05) is 12.1 Å². The Labute approximate surface area is 178 Å². The summed E-state index contributed by atoms with van der Waals surface area (Å²) in [5.41, 5.74) is 2.11. The van der Waals surface area contributed by atoms with Crippen LogP contribution in [-0.4, -0.2) is 49.2 Å². The third-order valence-electron chi connectivity index (χ3n) is 6.26. The van der Waals surface area contributed by atoms with Gasteiger partial charge >= 0.3 is 0 Å². The maximum Gasteiger partial charge on any atom is 0.228 e. The van der Waals surface area contributed by atoms with E-state index < -0.39 is 0 Å². The predicted octanol–water partition coefficient (Wildman–Crippen LogP) is 3.58. The maximum atomic E-state index is 12.7. The minimum absolute atomic E-state index is 0.00937. The fourth-order valence-electron chi connectivity index (χ4n) is 4.21. The molecule has 160 valence electrons. The highest BCUT2D eigenvalue weighted by Gasteiger charge is 2.26. The molecule has 0 aliphatic carbocycles. The summed E-state index contributed by atoms with van der Waals surface area (Å²) in [6.07, 6.45) is 5.77. The molecule has 1 amide bonds. The first-order chi connectivity index (χ1) is 14.6. The molecule has 1 N–H and O–H groups in total. The molecule has 0 bridgehead atoms. The van der Waals surface area contributed by atoms with Gasteiger partial charge in [-0.05, 0) is 55.9 Å². The summed E-state index contributed by atoms with van der Waals surface area (Å²) in [5.74, 6) is 2.15. The number of methoxy groups -OCH3 is 1. The standard InChI is InChI=1S/C23H31N5O2/c1-17-8-13-27(14-9-17)20-5-3-19(4-6-20)25-22(29)18-10-15-28(16-11-18)23-24-12-7-21(26-23)30-2/h3-7,12,17-18H,8-11,13-16H2,1-2H3,(H,25,29). The largest absolute Gasteiger partial charge is 0.481 e. The highest BCUT2D eigenvalue weighted by atomic mass is 16.5. The average molecular weight is 410 g/mol. The molecule has 0 unspecified atom stereocenters. The lowest BCUT2D eigenvalue weighted by atomic mass is 9.96. The molecule has 3 heterocycles. The number of anilines is 3. The Morgan fingerprint density at radius 1 is 1.00 bits per heavy atom. The maximum absolute atomic E-state index is 12.7. The molecule has 0 radical (unpaired) electrons. The van der Waals surface area contributed by atoms with Gasteiger partial charge < -0.3 is 19.9 Å². The number of carbonyl (C=O) groups excluding carboxylic acids is 1. The van der Waals surface area contributed by atoms with E-state index in [-0.39, 0.29) is 11.8 Å². The zero-order chi connectivity index (χ0) is 20.9. The normalized spacial score (nSPS) is 18.3. The molecule has 2 saturated heterocycles. The van der Waals surface area contributed by atoms with Gasteiger partial charge in [0.05, 0.1) is 7.11 Å². The highest BCUT2D eigenvalue weighted by molar-refractivity contribution is 5.92. The summed E-state index contributed by atoms with van der Waals surface area (Å²) in [6.45, 7) is 6.07. The first kappa shape index (κ1) is 20.4. The molecule has 0 saturated carbocycles. The molecule has 1 aromatic carbocycles. The van der Waals surface area contributed by atoms with Crippen LogP contribution in [0, 0.1) is 11.8 Å². The van der Waals surface area contributed by atoms with Crippen molar-refractivity contribution in [3.05, 3.63) is 36.5 Å². The number of carbonyl (C=O) groups is 1. The zero-order valence-electron chi connectivity index (χ0n) is 17.9. The molecule has 30 heavy (non-hydrogen) atoms. The van der Waals surface area contributed by atoms with Crippen molar-refractivity contribution in [1.82, 2.24) is 9.97 Å². The van der Waals surface area contributed by atoms with Crippen LogP contribution >= 0.6 is 0 Å². The summed E-state index contributed by atoms with van der Waals surface area (Å²) in [5, 5.41) is 3.09. The quantitative estimate of drug-likeness (QED) is 0.814. The lowest BCUT2D eigenvalue weighted by molar-refractivity contribution is -0.120. The molecule has 7 heteroatoms. The van der Waals surface area contributed by atoms with E-state index in [1.165, 1.54) is 18.5 Å². The Morgan fingerprint density at radius 3 is 2.33 bits per heavy atom. The smallest absolute Gasteiger partial charge is 0.228 e. The van der Waals surface area contributed by atoms with E-state index in [9.17, 15) is 4.79 Å². The third-order valence-corrected chi connectivity index (χ3v) is 6.26. The fraction of sp³-hybridized carbons (Fsp3) is 0.522. The molecule has 4 rings (SSSR count). The molecule has 2 fully saturated rings. The third kappa shape index (κ3) is 4.83. The molecule has 2 aromatic rings. The van der Waals surface area contributed by atoms with Crippen molar-refractivity contribution in [3.8, 4) is 5.88 Å². The van der Waals surface area contributed by atoms with Gasteiger partial charge in [-0.3, -0.25) is 4.79 Å². The topological polar surface area (TPSA) is 70.6 Å². The number of hydrogen-bond acceptors (Lipinski definition) is 6. The summed E-state index contributed by atoms with van der Waals surface area (Å²) in [4.78, 5) is 26.0. The van der Waals surface area contributed by atoms with Gasteiger partial charge in [0.25, 0.3) is 0 Å². The molecule has 0 atom stereocenters. The van der Waals surface area contributed by atoms with E-state index in [0.717, 1.165) is 50.6 Å². The molecule has 2 aliphatic rings. The second-order valence-corrected chi connectivity index (χ2v) is 8.37. The number of nitrogens with zero attached hydrogens (tertiary/aromatic N) is 4. The van der Waals surface area contributed by atoms with Crippen molar-refractivity contribution in [3.63, 3.8) is 0 Å². The van der Waals surface area contributed by atoms with E-state index in [1.54, 1.807) is 19.4 Å². The number of aromatic nitrogens is 2. The Kier molecular flexibility index (Phi) is 6.35. The second-order valence-electron chi connectivity index (χ2n) is 8.37. The Balaban J connectivity index is 1.28. The van der Waals surface area contributed by atoms with Gasteiger partial charge in [-0.15, -0.1) is 0 Å². The monoisotopic (exact) mass is 409 g/mol. The Hall–Kier alpha value is -2.83. The minimum atomic E-state index is 0.00937. The van der Waals surface area contributed by atoms with Crippen LogP contribution in [0.5, 0.6) is 5.88 Å². The summed E-state index contributed by atoms with van der Waals surface area (Å²) in [6, 6.07) is 10.0. The predicted molar refractivity (Wildman–Crippen MR) is 119 cm³/mol. The minimum Gasteiger partial charge on any atom is -0.481 e. The van der Waals surface area contributed by atoms with Gasteiger partial charge in [0.1, 0.15) is 0 Å². The molecule has 0 spiro atoms. The summed E-state index contributed by atoms with van der Waals surface area (Å²) in [7, 11) is 1.60. The zero-order valence-corrected chi connectivity index (χ0v) is 17.9. The number of ether oxygens (including phenoxy) is 1.